The van der Waals surface area contributed by atoms with Crippen LogP contribution in [0, 0.1) is 0 Å². The predicted octanol–water partition coefficient (Wildman–Crippen LogP) is 11.7. The number of likely N-dealkylation sites (N-methyl/N-ethyl adjacent to an activating group) is 2. The van der Waals surface area contributed by atoms with E-state index < -0.39 is 22.8 Å². The number of nitrogens with zero attached hydrogens (tertiary/aromatic N) is 2. The minimum atomic E-state index is -4.74. The monoisotopic (exact) mass is 891 g/mol. The summed E-state index contributed by atoms with van der Waals surface area (Å²) < 4.78 is 5.87. The Bertz CT molecular complexity index is 2570. The molecule has 56 heavy (non-hydrogen) atoms. The van der Waals surface area contributed by atoms with E-state index in [0.717, 1.165) is 12.8 Å². The van der Waals surface area contributed by atoms with Crippen LogP contribution in [0.5, 0.6) is 0 Å². The van der Waals surface area contributed by atoms with E-state index in [2.05, 4.69) is 218 Å². The third-order valence-electron chi connectivity index (χ3n) is 13.4. The summed E-state index contributed by atoms with van der Waals surface area (Å²) in [7, 11) is 4.78. The molecular formula is C53H47HfN2. The van der Waals surface area contributed by atoms with Gasteiger partial charge in [-0.25, -0.2) is 0 Å². The summed E-state index contributed by atoms with van der Waals surface area (Å²) >= 11 is -4.74. The summed E-state index contributed by atoms with van der Waals surface area (Å²) in [5, 5.41) is 0. The van der Waals surface area contributed by atoms with Crippen molar-refractivity contribution in [1.29, 1.82) is 0 Å². The van der Waals surface area contributed by atoms with Gasteiger partial charge in [-0.15, -0.1) is 0 Å². The summed E-state index contributed by atoms with van der Waals surface area (Å²) in [6, 6.07) is 59.0. The summed E-state index contributed by atoms with van der Waals surface area (Å²) in [6.07, 6.45) is 17.0. The van der Waals surface area contributed by atoms with Crippen molar-refractivity contribution in [2.75, 3.05) is 23.9 Å². The van der Waals surface area contributed by atoms with Gasteiger partial charge in [-0.3, -0.25) is 0 Å². The van der Waals surface area contributed by atoms with Crippen LogP contribution in [0.4, 0.5) is 11.4 Å². The van der Waals surface area contributed by atoms with Gasteiger partial charge >= 0.3 is 338 Å². The van der Waals surface area contributed by atoms with Crippen molar-refractivity contribution in [3.63, 3.8) is 0 Å². The van der Waals surface area contributed by atoms with Gasteiger partial charge in [0.2, 0.25) is 0 Å². The van der Waals surface area contributed by atoms with Gasteiger partial charge in [0.1, 0.15) is 0 Å². The number of allylic oxidation sites excluding steroid dienone is 4. The topological polar surface area (TPSA) is 6.48 Å². The molecule has 4 unspecified atom stereocenters. The van der Waals surface area contributed by atoms with Crippen LogP contribution in [0.15, 0.2) is 182 Å². The third-order valence-corrected chi connectivity index (χ3v) is 33.3. The van der Waals surface area contributed by atoms with Crippen molar-refractivity contribution < 1.29 is 19.5 Å². The fraction of sp³-hybridized carbons (Fsp3) is 0.151. The van der Waals surface area contributed by atoms with Gasteiger partial charge in [0, 0.05) is 0 Å². The SMILES string of the molecule is [CH2]=[Hf]([CH]1C=Cc2ccccc21)([CH]1C=Cc2ccccc21)[C](C1=CCc2ccccc21)(C(C1=CCc2ccccc21)N(C)c1ccccc1)N(C)c1ccccc1. The Morgan fingerprint density at radius 1 is 0.554 bits per heavy atom. The Morgan fingerprint density at radius 2 is 1.04 bits per heavy atom. The van der Waals surface area contributed by atoms with Crippen molar-refractivity contribution in [3.05, 3.63) is 227 Å². The van der Waals surface area contributed by atoms with E-state index in [4.69, 9.17) is 4.26 Å². The molecule has 0 fully saturated rings. The van der Waals surface area contributed by atoms with E-state index in [1.54, 1.807) is 0 Å². The molecule has 0 saturated heterocycles. The van der Waals surface area contributed by atoms with Gasteiger partial charge in [0.05, 0.1) is 0 Å². The summed E-state index contributed by atoms with van der Waals surface area (Å²) in [4.78, 5) is 5.40. The number of hydrogen-bond donors (Lipinski definition) is 0. The van der Waals surface area contributed by atoms with Crippen LogP contribution in [0.25, 0.3) is 23.3 Å². The van der Waals surface area contributed by atoms with Crippen molar-refractivity contribution in [2.24, 2.45) is 0 Å². The number of hydrogen-bond acceptors (Lipinski definition) is 2. The van der Waals surface area contributed by atoms with E-state index in [1.807, 2.05) is 0 Å². The normalized spacial score (nSPS) is 19.8. The maximum absolute atomic E-state index is 6.08. The van der Waals surface area contributed by atoms with Crippen LogP contribution in [0.1, 0.15) is 51.9 Å². The van der Waals surface area contributed by atoms with E-state index in [-0.39, 0.29) is 13.4 Å². The first-order chi connectivity index (χ1) is 27.5. The van der Waals surface area contributed by atoms with Crippen LogP contribution in [0.3, 0.4) is 0 Å². The number of rotatable bonds is 10. The van der Waals surface area contributed by atoms with Gasteiger partial charge in [0.15, 0.2) is 0 Å². The fourth-order valence-corrected chi connectivity index (χ4v) is 33.3. The predicted molar refractivity (Wildman–Crippen MR) is 236 cm³/mol. The second kappa shape index (κ2) is 14.0. The van der Waals surface area contributed by atoms with E-state index >= 15 is 0 Å². The second-order valence-electron chi connectivity index (χ2n) is 16.0. The number of benzene rings is 6. The fourth-order valence-electron chi connectivity index (χ4n) is 11.0. The quantitative estimate of drug-likeness (QED) is 0.126. The van der Waals surface area contributed by atoms with Crippen molar-refractivity contribution in [3.8, 4) is 0 Å². The van der Waals surface area contributed by atoms with Crippen molar-refractivity contribution in [2.45, 2.75) is 29.5 Å². The Morgan fingerprint density at radius 3 is 1.66 bits per heavy atom. The molecule has 0 bridgehead atoms. The zero-order valence-electron chi connectivity index (χ0n) is 32.2. The van der Waals surface area contributed by atoms with Gasteiger partial charge in [-0.2, -0.15) is 0 Å². The zero-order chi connectivity index (χ0) is 37.9. The molecule has 0 N–H and O–H groups in total. The standard InChI is InChI=1S/C34H31N2.2C9H7.CH2.Hf/c1-35(27-15-5-3-6-16-27)33(31-23-21-25-13-9-11-19-29(25)31)34(36(2)28-17-7-4-8-18-28)32-24-22-26-14-10-12-20-30(26)32;2*1-2-5-9-7-3-6-8(9)4-1;;/h3-20,23-24,33H,21-22H2,1-2H3;2*1-7H;1H2;. The average molecular weight is 890 g/mol. The molecule has 10 rings (SSSR count). The summed E-state index contributed by atoms with van der Waals surface area (Å²) in [5.74, 6) is 0. The molecular weight excluding hydrogens is 843 g/mol. The van der Waals surface area contributed by atoms with Gasteiger partial charge in [-0.05, 0) is 0 Å². The zero-order valence-corrected chi connectivity index (χ0v) is 35.8. The Hall–Kier alpha value is -5.38. The van der Waals surface area contributed by atoms with E-state index in [0.29, 0.717) is 0 Å². The maximum atomic E-state index is 6.08. The van der Waals surface area contributed by atoms with Crippen molar-refractivity contribution in [1.82, 2.24) is 0 Å². The molecule has 4 atom stereocenters. The Labute approximate surface area is 336 Å². The van der Waals surface area contributed by atoms with Gasteiger partial charge < -0.3 is 0 Å². The molecule has 3 heteroatoms. The molecule has 0 aromatic heterocycles. The van der Waals surface area contributed by atoms with Gasteiger partial charge in [0.25, 0.3) is 0 Å². The number of fused-ring (bicyclic) bond motifs is 4. The number of anilines is 2. The Kier molecular flexibility index (Phi) is 8.75. The first-order valence-corrected chi connectivity index (χ1v) is 28.5. The molecule has 0 amide bonds. The molecule has 6 aromatic carbocycles. The van der Waals surface area contributed by atoms with Crippen LogP contribution in [-0.2, 0) is 32.3 Å². The molecule has 4 aliphatic carbocycles. The van der Waals surface area contributed by atoms with Crippen LogP contribution >= 0.6 is 0 Å². The third kappa shape index (κ3) is 5.20. The molecule has 6 aromatic rings. The molecule has 2 nitrogen and oxygen atoms in total. The van der Waals surface area contributed by atoms with Crippen molar-refractivity contribution >= 4 is 38.9 Å². The minimum absolute atomic E-state index is 0.0994. The first kappa shape index (κ1) is 35.1. The summed E-state index contributed by atoms with van der Waals surface area (Å²) in [6.45, 7) is 0. The second-order valence-corrected chi connectivity index (χ2v) is 30.7. The van der Waals surface area contributed by atoms with Crippen LogP contribution in [-0.4, -0.2) is 27.7 Å². The van der Waals surface area contributed by atoms with Gasteiger partial charge in [-0.1, -0.05) is 0 Å². The molecule has 273 valence electrons. The molecule has 0 spiro atoms. The van der Waals surface area contributed by atoms with E-state index in [1.165, 1.54) is 67.0 Å². The van der Waals surface area contributed by atoms with E-state index in [9.17, 15) is 0 Å². The first-order valence-electron chi connectivity index (χ1n) is 20.1. The molecule has 4 aliphatic rings. The molecule has 0 saturated carbocycles. The number of para-hydroxylation sites is 2. The molecule has 0 heterocycles. The summed E-state index contributed by atoms with van der Waals surface area (Å²) in [5.41, 5.74) is 16.3. The van der Waals surface area contributed by atoms with Crippen LogP contribution < -0.4 is 9.80 Å². The average Bonchev–Trinajstić information content (AvgIpc) is 4.08. The van der Waals surface area contributed by atoms with Crippen LogP contribution in [0.2, 0.25) is 0 Å². The Balaban J connectivity index is 1.40. The molecule has 0 aliphatic heterocycles. The molecule has 0 radical (unpaired) electrons.